The summed E-state index contributed by atoms with van der Waals surface area (Å²) in [5.41, 5.74) is 2.15. The molecule has 0 aliphatic carbocycles. The van der Waals surface area contributed by atoms with Crippen LogP contribution in [0.25, 0.3) is 0 Å². The quantitative estimate of drug-likeness (QED) is 0.817. The Morgan fingerprint density at radius 3 is 2.35 bits per heavy atom. The zero-order chi connectivity index (χ0) is 14.5. The average Bonchev–Trinajstić information content (AvgIpc) is 2.44. The van der Waals surface area contributed by atoms with Gasteiger partial charge >= 0.3 is 0 Å². The highest BCUT2D eigenvalue weighted by molar-refractivity contribution is 6.42. The van der Waals surface area contributed by atoms with Crippen LogP contribution >= 0.6 is 23.2 Å². The molecule has 106 valence electrons. The molecule has 0 aliphatic rings. The molecule has 0 saturated heterocycles. The summed E-state index contributed by atoms with van der Waals surface area (Å²) in [5.74, 6) is -0.219. The van der Waals surface area contributed by atoms with Gasteiger partial charge in [0, 0.05) is 6.04 Å². The number of rotatable bonds is 5. The maximum absolute atomic E-state index is 12.9. The fourth-order valence-corrected chi connectivity index (χ4v) is 2.45. The Bertz CT molecular complexity index is 569. The smallest absolute Gasteiger partial charge is 0.123 e. The molecule has 2 rings (SSSR count). The first kappa shape index (κ1) is 15.3. The molecule has 0 aromatic heterocycles. The number of likely N-dealkylation sites (N-methyl/N-ethyl adjacent to an activating group) is 1. The van der Waals surface area contributed by atoms with E-state index in [0.29, 0.717) is 10.0 Å². The number of hydrogen-bond donors (Lipinski definition) is 1. The lowest BCUT2D eigenvalue weighted by molar-refractivity contribution is 0.549. The van der Waals surface area contributed by atoms with Crippen molar-refractivity contribution < 1.29 is 4.39 Å². The van der Waals surface area contributed by atoms with Gasteiger partial charge in [-0.25, -0.2) is 4.39 Å². The predicted octanol–water partition coefficient (Wildman–Crippen LogP) is 5.03. The van der Waals surface area contributed by atoms with Crippen molar-refractivity contribution in [1.82, 2.24) is 5.32 Å². The van der Waals surface area contributed by atoms with Crippen LogP contribution < -0.4 is 5.32 Å². The van der Waals surface area contributed by atoms with Gasteiger partial charge in [0.15, 0.2) is 0 Å². The first-order valence-corrected chi connectivity index (χ1v) is 7.28. The molecule has 0 fully saturated rings. The summed E-state index contributed by atoms with van der Waals surface area (Å²) >= 11 is 12.0. The van der Waals surface area contributed by atoms with Gasteiger partial charge in [0.2, 0.25) is 0 Å². The number of halogens is 3. The SMILES string of the molecule is CCNC(Cc1ccc(F)cc1)c1ccc(Cl)c(Cl)c1. The summed E-state index contributed by atoms with van der Waals surface area (Å²) in [6.45, 7) is 2.89. The summed E-state index contributed by atoms with van der Waals surface area (Å²) in [4.78, 5) is 0. The molecular formula is C16H16Cl2FN. The van der Waals surface area contributed by atoms with Crippen LogP contribution in [0.15, 0.2) is 42.5 Å². The van der Waals surface area contributed by atoms with Gasteiger partial charge in [-0.1, -0.05) is 48.3 Å². The van der Waals surface area contributed by atoms with Crippen LogP contribution in [0.3, 0.4) is 0 Å². The molecule has 0 amide bonds. The lowest BCUT2D eigenvalue weighted by Crippen LogP contribution is -2.23. The zero-order valence-electron chi connectivity index (χ0n) is 11.2. The molecule has 0 bridgehead atoms. The second-order valence-corrected chi connectivity index (χ2v) is 5.43. The molecule has 20 heavy (non-hydrogen) atoms. The van der Waals surface area contributed by atoms with E-state index in [1.54, 1.807) is 18.2 Å². The molecule has 1 nitrogen and oxygen atoms in total. The van der Waals surface area contributed by atoms with E-state index in [4.69, 9.17) is 23.2 Å². The highest BCUT2D eigenvalue weighted by atomic mass is 35.5. The normalized spacial score (nSPS) is 12.4. The van der Waals surface area contributed by atoms with Gasteiger partial charge in [0.1, 0.15) is 5.82 Å². The first-order chi connectivity index (χ1) is 9.60. The van der Waals surface area contributed by atoms with Gasteiger partial charge in [-0.15, -0.1) is 0 Å². The lowest BCUT2D eigenvalue weighted by atomic mass is 9.99. The zero-order valence-corrected chi connectivity index (χ0v) is 12.7. The van der Waals surface area contributed by atoms with Gasteiger partial charge in [-0.2, -0.15) is 0 Å². The standard InChI is InChI=1S/C16H16Cl2FN/c1-2-20-16(9-11-3-6-13(19)7-4-11)12-5-8-14(17)15(18)10-12/h3-8,10,16,20H,2,9H2,1H3. The molecule has 0 heterocycles. The summed E-state index contributed by atoms with van der Waals surface area (Å²) in [6, 6.07) is 12.3. The third-order valence-electron chi connectivity index (χ3n) is 3.15. The topological polar surface area (TPSA) is 12.0 Å². The first-order valence-electron chi connectivity index (χ1n) is 6.53. The minimum absolute atomic E-state index is 0.125. The second-order valence-electron chi connectivity index (χ2n) is 4.61. The Morgan fingerprint density at radius 1 is 1.05 bits per heavy atom. The molecule has 0 saturated carbocycles. The van der Waals surface area contributed by atoms with E-state index in [9.17, 15) is 4.39 Å². The summed E-state index contributed by atoms with van der Waals surface area (Å²) in [5, 5.41) is 4.51. The highest BCUT2D eigenvalue weighted by Crippen LogP contribution is 2.27. The Kier molecular flexibility index (Phi) is 5.41. The van der Waals surface area contributed by atoms with Crippen LogP contribution in [0.4, 0.5) is 4.39 Å². The summed E-state index contributed by atoms with van der Waals surface area (Å²) in [6.07, 6.45) is 0.770. The molecule has 2 aromatic carbocycles. The van der Waals surface area contributed by atoms with Crippen LogP contribution in [0, 0.1) is 5.82 Å². The fraction of sp³-hybridized carbons (Fsp3) is 0.250. The minimum Gasteiger partial charge on any atom is -0.310 e. The Hall–Kier alpha value is -1.09. The Balaban J connectivity index is 2.21. The van der Waals surface area contributed by atoms with Crippen molar-refractivity contribution in [3.05, 3.63) is 69.5 Å². The molecule has 1 unspecified atom stereocenters. The van der Waals surface area contributed by atoms with E-state index in [-0.39, 0.29) is 11.9 Å². The van der Waals surface area contributed by atoms with Gasteiger partial charge in [0.05, 0.1) is 10.0 Å². The molecule has 0 aliphatic heterocycles. The van der Waals surface area contributed by atoms with Crippen molar-refractivity contribution in [3.63, 3.8) is 0 Å². The third kappa shape index (κ3) is 3.95. The van der Waals surface area contributed by atoms with Crippen molar-refractivity contribution >= 4 is 23.2 Å². The van der Waals surface area contributed by atoms with E-state index in [0.717, 1.165) is 24.1 Å². The minimum atomic E-state index is -0.219. The van der Waals surface area contributed by atoms with Gasteiger partial charge < -0.3 is 5.32 Å². The summed E-state index contributed by atoms with van der Waals surface area (Å²) < 4.78 is 12.9. The molecule has 4 heteroatoms. The number of hydrogen-bond acceptors (Lipinski definition) is 1. The third-order valence-corrected chi connectivity index (χ3v) is 3.89. The van der Waals surface area contributed by atoms with E-state index in [1.807, 2.05) is 12.1 Å². The highest BCUT2D eigenvalue weighted by Gasteiger charge is 2.12. The molecule has 1 atom stereocenters. The second kappa shape index (κ2) is 7.07. The van der Waals surface area contributed by atoms with Gasteiger partial charge in [-0.05, 0) is 48.4 Å². The van der Waals surface area contributed by atoms with Gasteiger partial charge in [0.25, 0.3) is 0 Å². The number of nitrogens with one attached hydrogen (secondary N) is 1. The van der Waals surface area contributed by atoms with Gasteiger partial charge in [-0.3, -0.25) is 0 Å². The van der Waals surface area contributed by atoms with Crippen molar-refractivity contribution in [2.75, 3.05) is 6.54 Å². The molecule has 1 N–H and O–H groups in total. The number of benzene rings is 2. The monoisotopic (exact) mass is 311 g/mol. The molecular weight excluding hydrogens is 296 g/mol. The largest absolute Gasteiger partial charge is 0.310 e. The van der Waals surface area contributed by atoms with E-state index in [2.05, 4.69) is 12.2 Å². The van der Waals surface area contributed by atoms with Crippen LogP contribution in [0.1, 0.15) is 24.1 Å². The van der Waals surface area contributed by atoms with Crippen LogP contribution in [0.5, 0.6) is 0 Å². The molecule has 2 aromatic rings. The Morgan fingerprint density at radius 2 is 1.75 bits per heavy atom. The van der Waals surface area contributed by atoms with E-state index < -0.39 is 0 Å². The van der Waals surface area contributed by atoms with E-state index >= 15 is 0 Å². The van der Waals surface area contributed by atoms with E-state index in [1.165, 1.54) is 12.1 Å². The van der Waals surface area contributed by atoms with Crippen molar-refractivity contribution in [2.45, 2.75) is 19.4 Å². The Labute approximate surface area is 128 Å². The fourth-order valence-electron chi connectivity index (χ4n) is 2.14. The van der Waals surface area contributed by atoms with Crippen LogP contribution in [-0.2, 0) is 6.42 Å². The van der Waals surface area contributed by atoms with Crippen LogP contribution in [0.2, 0.25) is 10.0 Å². The molecule has 0 spiro atoms. The van der Waals surface area contributed by atoms with Crippen molar-refractivity contribution in [3.8, 4) is 0 Å². The van der Waals surface area contributed by atoms with Crippen LogP contribution in [-0.4, -0.2) is 6.54 Å². The van der Waals surface area contributed by atoms with Crippen molar-refractivity contribution in [2.24, 2.45) is 0 Å². The maximum atomic E-state index is 12.9. The summed E-state index contributed by atoms with van der Waals surface area (Å²) in [7, 11) is 0. The predicted molar refractivity (Wildman–Crippen MR) is 83.0 cm³/mol. The maximum Gasteiger partial charge on any atom is 0.123 e. The van der Waals surface area contributed by atoms with Crippen molar-refractivity contribution in [1.29, 1.82) is 0 Å². The average molecular weight is 312 g/mol. The lowest BCUT2D eigenvalue weighted by Gasteiger charge is -2.19. The molecule has 0 radical (unpaired) electrons.